The number of nitrogens with one attached hydrogen (secondary N) is 1. The lowest BCUT2D eigenvalue weighted by Crippen LogP contribution is -2.63. The Morgan fingerprint density at radius 3 is 1.82 bits per heavy atom. The first-order chi connectivity index (χ1) is 16.1. The van der Waals surface area contributed by atoms with Crippen LogP contribution < -0.4 is 5.32 Å². The van der Waals surface area contributed by atoms with Crippen LogP contribution in [0.3, 0.4) is 0 Å². The van der Waals surface area contributed by atoms with E-state index in [2.05, 4.69) is 5.32 Å². The highest BCUT2D eigenvalue weighted by Gasteiger charge is 2.40. The third kappa shape index (κ3) is 4.52. The second kappa shape index (κ2) is 9.16. The number of hydrogen-bond donors (Lipinski definition) is 1. The standard InChI is InChI=1S/C27H26FN3O2/c28-24-17-31(26(32)21-9-5-2-6-10-21)18-25(24)29-23-15-30(16-23)27(33)22-13-11-20(12-14-22)19-7-3-1-4-8-19/h1-14,23-25,29H,15-18H2/t24?,25-/m0/s1. The van der Waals surface area contributed by atoms with Crippen LogP contribution in [0, 0.1) is 0 Å². The van der Waals surface area contributed by atoms with Gasteiger partial charge >= 0.3 is 0 Å². The van der Waals surface area contributed by atoms with Crippen molar-refractivity contribution in [2.45, 2.75) is 18.3 Å². The third-order valence-corrected chi connectivity index (χ3v) is 6.41. The number of halogens is 1. The fourth-order valence-corrected chi connectivity index (χ4v) is 4.52. The predicted molar refractivity (Wildman–Crippen MR) is 126 cm³/mol. The van der Waals surface area contributed by atoms with E-state index in [9.17, 15) is 14.0 Å². The molecule has 3 aromatic carbocycles. The second-order valence-corrected chi connectivity index (χ2v) is 8.72. The smallest absolute Gasteiger partial charge is 0.254 e. The van der Waals surface area contributed by atoms with E-state index in [-0.39, 0.29) is 24.4 Å². The Labute approximate surface area is 192 Å². The van der Waals surface area contributed by atoms with Gasteiger partial charge in [0.15, 0.2) is 0 Å². The van der Waals surface area contributed by atoms with Gasteiger partial charge in [0.05, 0.1) is 12.6 Å². The Morgan fingerprint density at radius 1 is 0.667 bits per heavy atom. The van der Waals surface area contributed by atoms with E-state index < -0.39 is 12.2 Å². The summed E-state index contributed by atoms with van der Waals surface area (Å²) in [6, 6.07) is 26.3. The summed E-state index contributed by atoms with van der Waals surface area (Å²) in [5.41, 5.74) is 3.41. The second-order valence-electron chi connectivity index (χ2n) is 8.72. The van der Waals surface area contributed by atoms with Crippen molar-refractivity contribution >= 4 is 11.8 Å². The molecule has 6 heteroatoms. The van der Waals surface area contributed by atoms with Gasteiger partial charge in [0.25, 0.3) is 11.8 Å². The Hall–Kier alpha value is -3.51. The maximum atomic E-state index is 14.6. The molecule has 0 spiro atoms. The first kappa shape index (κ1) is 21.3. The molecule has 1 unspecified atom stereocenters. The van der Waals surface area contributed by atoms with E-state index in [1.807, 2.05) is 60.7 Å². The molecule has 2 amide bonds. The molecular weight excluding hydrogens is 417 g/mol. The van der Waals surface area contributed by atoms with Gasteiger partial charge in [-0.05, 0) is 35.4 Å². The number of benzene rings is 3. The quantitative estimate of drug-likeness (QED) is 0.655. The van der Waals surface area contributed by atoms with E-state index in [0.29, 0.717) is 30.8 Å². The summed E-state index contributed by atoms with van der Waals surface area (Å²) in [7, 11) is 0. The number of alkyl halides is 1. The Morgan fingerprint density at radius 2 is 1.18 bits per heavy atom. The molecule has 1 N–H and O–H groups in total. The maximum absolute atomic E-state index is 14.6. The molecule has 0 bridgehead atoms. The molecule has 2 atom stereocenters. The number of carbonyl (C=O) groups is 2. The lowest BCUT2D eigenvalue weighted by Gasteiger charge is -2.41. The molecule has 0 aromatic heterocycles. The highest BCUT2D eigenvalue weighted by molar-refractivity contribution is 5.95. The fourth-order valence-electron chi connectivity index (χ4n) is 4.52. The zero-order valence-electron chi connectivity index (χ0n) is 18.2. The highest BCUT2D eigenvalue weighted by Crippen LogP contribution is 2.22. The fraction of sp³-hybridized carbons (Fsp3) is 0.259. The molecule has 2 aliphatic heterocycles. The Bertz CT molecular complexity index is 1120. The SMILES string of the molecule is O=C(c1ccc(-c2ccccc2)cc1)N1CC(N[C@H]2CN(C(=O)c3ccccc3)CC2F)C1. The van der Waals surface area contributed by atoms with Crippen LogP contribution in [-0.4, -0.2) is 66.0 Å². The number of amides is 2. The largest absolute Gasteiger partial charge is 0.335 e. The number of nitrogens with zero attached hydrogens (tertiary/aromatic N) is 2. The summed E-state index contributed by atoms with van der Waals surface area (Å²) in [5, 5.41) is 3.31. The lowest BCUT2D eigenvalue weighted by atomic mass is 10.0. The van der Waals surface area contributed by atoms with Crippen molar-refractivity contribution in [3.8, 4) is 11.1 Å². The van der Waals surface area contributed by atoms with Crippen LogP contribution >= 0.6 is 0 Å². The molecule has 5 rings (SSSR count). The van der Waals surface area contributed by atoms with Crippen molar-refractivity contribution < 1.29 is 14.0 Å². The molecule has 5 nitrogen and oxygen atoms in total. The van der Waals surface area contributed by atoms with Crippen LogP contribution in [-0.2, 0) is 0 Å². The van der Waals surface area contributed by atoms with E-state index in [4.69, 9.17) is 0 Å². The van der Waals surface area contributed by atoms with Crippen molar-refractivity contribution in [2.24, 2.45) is 0 Å². The number of hydrogen-bond acceptors (Lipinski definition) is 3. The molecule has 2 saturated heterocycles. The average Bonchev–Trinajstić information content (AvgIpc) is 3.21. The first-order valence-corrected chi connectivity index (χ1v) is 11.3. The van der Waals surface area contributed by atoms with Gasteiger partial charge in [0.2, 0.25) is 0 Å². The van der Waals surface area contributed by atoms with Crippen molar-refractivity contribution in [3.63, 3.8) is 0 Å². The van der Waals surface area contributed by atoms with Crippen molar-refractivity contribution in [1.82, 2.24) is 15.1 Å². The minimum absolute atomic E-state index is 0.0169. The van der Waals surface area contributed by atoms with E-state index in [0.717, 1.165) is 11.1 Å². The van der Waals surface area contributed by atoms with Crippen molar-refractivity contribution in [1.29, 1.82) is 0 Å². The zero-order chi connectivity index (χ0) is 22.8. The summed E-state index contributed by atoms with van der Waals surface area (Å²) in [6.07, 6.45) is -1.12. The summed E-state index contributed by atoms with van der Waals surface area (Å²) < 4.78 is 14.6. The molecule has 2 aliphatic rings. The van der Waals surface area contributed by atoms with Crippen LogP contribution in [0.5, 0.6) is 0 Å². The average molecular weight is 444 g/mol. The maximum Gasteiger partial charge on any atom is 0.254 e. The Balaban J connectivity index is 1.13. The molecule has 0 aliphatic carbocycles. The minimum atomic E-state index is -1.12. The van der Waals surface area contributed by atoms with E-state index in [1.54, 1.807) is 34.1 Å². The molecule has 168 valence electrons. The van der Waals surface area contributed by atoms with Crippen LogP contribution in [0.2, 0.25) is 0 Å². The Kier molecular flexibility index (Phi) is 5.92. The van der Waals surface area contributed by atoms with Gasteiger partial charge in [-0.1, -0.05) is 60.7 Å². The van der Waals surface area contributed by atoms with Gasteiger partial charge in [-0.2, -0.15) is 0 Å². The van der Waals surface area contributed by atoms with Gasteiger partial charge in [-0.15, -0.1) is 0 Å². The predicted octanol–water partition coefficient (Wildman–Crippen LogP) is 3.63. The zero-order valence-corrected chi connectivity index (χ0v) is 18.2. The molecule has 33 heavy (non-hydrogen) atoms. The number of carbonyl (C=O) groups excluding carboxylic acids is 2. The topological polar surface area (TPSA) is 52.7 Å². The van der Waals surface area contributed by atoms with Gasteiger partial charge in [0.1, 0.15) is 6.17 Å². The minimum Gasteiger partial charge on any atom is -0.335 e. The molecule has 0 radical (unpaired) electrons. The van der Waals surface area contributed by atoms with Crippen LogP contribution in [0.4, 0.5) is 4.39 Å². The van der Waals surface area contributed by atoms with Crippen LogP contribution in [0.1, 0.15) is 20.7 Å². The summed E-state index contributed by atoms with van der Waals surface area (Å²) in [4.78, 5) is 28.7. The van der Waals surface area contributed by atoms with Gasteiger partial charge < -0.3 is 15.1 Å². The van der Waals surface area contributed by atoms with Crippen LogP contribution in [0.25, 0.3) is 11.1 Å². The van der Waals surface area contributed by atoms with Gasteiger partial charge in [0, 0.05) is 36.8 Å². The molecule has 0 saturated carbocycles. The van der Waals surface area contributed by atoms with Crippen molar-refractivity contribution in [2.75, 3.05) is 26.2 Å². The molecule has 3 aromatic rings. The third-order valence-electron chi connectivity index (χ3n) is 6.41. The van der Waals surface area contributed by atoms with E-state index >= 15 is 0 Å². The monoisotopic (exact) mass is 443 g/mol. The molecule has 2 heterocycles. The molecular formula is C27H26FN3O2. The lowest BCUT2D eigenvalue weighted by molar-refractivity contribution is 0.0542. The van der Waals surface area contributed by atoms with Crippen LogP contribution in [0.15, 0.2) is 84.9 Å². The van der Waals surface area contributed by atoms with Gasteiger partial charge in [-0.25, -0.2) is 4.39 Å². The van der Waals surface area contributed by atoms with Gasteiger partial charge in [-0.3, -0.25) is 9.59 Å². The highest BCUT2D eigenvalue weighted by atomic mass is 19.1. The molecule has 2 fully saturated rings. The number of likely N-dealkylation sites (tertiary alicyclic amines) is 2. The first-order valence-electron chi connectivity index (χ1n) is 11.3. The normalized spacial score (nSPS) is 20.5. The summed E-state index contributed by atoms with van der Waals surface area (Å²) >= 11 is 0. The number of rotatable bonds is 5. The summed E-state index contributed by atoms with van der Waals surface area (Å²) in [5.74, 6) is -0.163. The summed E-state index contributed by atoms with van der Waals surface area (Å²) in [6.45, 7) is 1.50. The van der Waals surface area contributed by atoms with Crippen molar-refractivity contribution in [3.05, 3.63) is 96.1 Å². The van der Waals surface area contributed by atoms with E-state index in [1.165, 1.54) is 0 Å².